The van der Waals surface area contributed by atoms with Crippen LogP contribution < -0.4 is 10.9 Å². The Morgan fingerprint density at radius 3 is 2.71 bits per heavy atom. The Labute approximate surface area is 176 Å². The van der Waals surface area contributed by atoms with Crippen molar-refractivity contribution in [1.82, 2.24) is 15.1 Å². The lowest BCUT2D eigenvalue weighted by molar-refractivity contribution is -0.114. The number of hydrogen-bond donors (Lipinski definition) is 2. The molecule has 0 unspecified atom stereocenters. The van der Waals surface area contributed by atoms with E-state index in [4.69, 9.17) is 11.6 Å². The number of nitrogens with one attached hydrogen (secondary N) is 2. The number of nitrogens with zero attached hydrogens (tertiary/aromatic N) is 2. The number of anilines is 1. The summed E-state index contributed by atoms with van der Waals surface area (Å²) in [4.78, 5) is 24.0. The second kappa shape index (κ2) is 10.1. The number of rotatable bonds is 2. The average Bonchev–Trinajstić information content (AvgIpc) is 2.82. The number of aromatic amines is 1. The fourth-order valence-electron chi connectivity index (χ4n) is 3.04. The highest BCUT2D eigenvalue weighted by Gasteiger charge is 2.22. The second-order valence-corrected chi connectivity index (χ2v) is 8.06. The van der Waals surface area contributed by atoms with E-state index in [2.05, 4.69) is 50.4 Å². The van der Waals surface area contributed by atoms with Crippen LogP contribution in [0.15, 0.2) is 27.5 Å². The maximum atomic E-state index is 13.1. The minimum absolute atomic E-state index is 0.0897. The van der Waals surface area contributed by atoms with Gasteiger partial charge in [0, 0.05) is 17.5 Å². The maximum absolute atomic E-state index is 13.1. The topological polar surface area (TPSA) is 78.1 Å². The number of aryl methyl sites for hydroxylation is 1. The Morgan fingerprint density at radius 2 is 2.07 bits per heavy atom. The van der Waals surface area contributed by atoms with Gasteiger partial charge in [-0.25, -0.2) is 9.49 Å². The van der Waals surface area contributed by atoms with Crippen molar-refractivity contribution < 1.29 is 9.18 Å². The number of fused-ring (bicyclic) bond motifs is 1. The van der Waals surface area contributed by atoms with Gasteiger partial charge in [0.25, 0.3) is 5.56 Å². The highest BCUT2D eigenvalue weighted by atomic mass is 79.9. The quantitative estimate of drug-likeness (QED) is 0.503. The number of amides is 1. The predicted octanol–water partition coefficient (Wildman–Crippen LogP) is 4.30. The smallest absolute Gasteiger partial charge is 0.264 e. The van der Waals surface area contributed by atoms with Gasteiger partial charge in [-0.1, -0.05) is 18.0 Å². The highest BCUT2D eigenvalue weighted by Crippen LogP contribution is 2.29. The van der Waals surface area contributed by atoms with Crippen LogP contribution in [0.4, 0.5) is 10.1 Å². The minimum Gasteiger partial charge on any atom is -0.324 e. The molecule has 6 nitrogen and oxygen atoms in total. The molecule has 1 atom stereocenters. The molecule has 1 aliphatic rings. The van der Waals surface area contributed by atoms with Gasteiger partial charge in [-0.05, 0) is 67.0 Å². The number of halogens is 3. The number of aromatic nitrogens is 2. The summed E-state index contributed by atoms with van der Waals surface area (Å²) in [6, 6.07) is 4.60. The van der Waals surface area contributed by atoms with E-state index in [9.17, 15) is 14.0 Å². The summed E-state index contributed by atoms with van der Waals surface area (Å²) in [6.45, 7) is 1.31. The zero-order chi connectivity index (χ0) is 20.8. The van der Waals surface area contributed by atoms with E-state index in [1.54, 1.807) is 6.07 Å². The van der Waals surface area contributed by atoms with Crippen LogP contribution in [0, 0.1) is 5.82 Å². The lowest BCUT2D eigenvalue weighted by Gasteiger charge is -2.23. The van der Waals surface area contributed by atoms with Crippen LogP contribution in [0.5, 0.6) is 0 Å². The van der Waals surface area contributed by atoms with Crippen molar-refractivity contribution in [3.8, 4) is 0 Å². The van der Waals surface area contributed by atoms with E-state index >= 15 is 0 Å². The molecule has 0 saturated carbocycles. The molecule has 1 aromatic carbocycles. The third kappa shape index (κ3) is 6.12. The third-order valence-corrected chi connectivity index (χ3v) is 5.55. The summed E-state index contributed by atoms with van der Waals surface area (Å²) in [5.74, 6) is -0.878. The Morgan fingerprint density at radius 1 is 1.36 bits per heavy atom. The molecule has 9 heteroatoms. The van der Waals surface area contributed by atoms with Crippen LogP contribution in [-0.2, 0) is 11.2 Å². The maximum Gasteiger partial charge on any atom is 0.264 e. The van der Waals surface area contributed by atoms with Crippen molar-refractivity contribution in [3.63, 3.8) is 0 Å². The van der Waals surface area contributed by atoms with Gasteiger partial charge in [0.1, 0.15) is 5.82 Å². The molecule has 0 spiro atoms. The summed E-state index contributed by atoms with van der Waals surface area (Å²) >= 11 is 8.74. The van der Waals surface area contributed by atoms with Crippen LogP contribution >= 0.6 is 27.5 Å². The van der Waals surface area contributed by atoms with Crippen molar-refractivity contribution >= 4 is 39.1 Å². The van der Waals surface area contributed by atoms with E-state index in [1.165, 1.54) is 19.4 Å². The summed E-state index contributed by atoms with van der Waals surface area (Å²) in [6.07, 6.45) is 4.46. The van der Waals surface area contributed by atoms with Crippen LogP contribution in [0.3, 0.4) is 0 Å². The molecule has 0 bridgehead atoms. The van der Waals surface area contributed by atoms with Crippen molar-refractivity contribution in [3.05, 3.63) is 55.1 Å². The average molecular weight is 474 g/mol. The summed E-state index contributed by atoms with van der Waals surface area (Å²) in [7, 11) is 4.12. The van der Waals surface area contributed by atoms with Gasteiger partial charge >= 0.3 is 0 Å². The van der Waals surface area contributed by atoms with Gasteiger partial charge in [0.2, 0.25) is 5.91 Å². The molecule has 2 aromatic rings. The lowest BCUT2D eigenvalue weighted by atomic mass is 10.1. The SMILES string of the molecule is CC(=O)Nc1cc(Br)c(Cl)cc1F.CN(C)[C@H]1CCCCc2cc(=O)[nH]nc21. The highest BCUT2D eigenvalue weighted by molar-refractivity contribution is 9.10. The monoisotopic (exact) mass is 472 g/mol. The second-order valence-electron chi connectivity index (χ2n) is 6.80. The van der Waals surface area contributed by atoms with Crippen molar-refractivity contribution in [1.29, 1.82) is 0 Å². The van der Waals surface area contributed by atoms with E-state index in [-0.39, 0.29) is 22.2 Å². The third-order valence-electron chi connectivity index (χ3n) is 4.35. The molecule has 3 rings (SSSR count). The van der Waals surface area contributed by atoms with Gasteiger partial charge in [-0.2, -0.15) is 5.10 Å². The summed E-state index contributed by atoms with van der Waals surface area (Å²) in [5.41, 5.74) is 2.20. The van der Waals surface area contributed by atoms with Crippen molar-refractivity contribution in [2.24, 2.45) is 0 Å². The molecule has 1 heterocycles. The van der Waals surface area contributed by atoms with Crippen LogP contribution in [0.2, 0.25) is 5.02 Å². The fourth-order valence-corrected chi connectivity index (χ4v) is 3.53. The lowest BCUT2D eigenvalue weighted by Crippen LogP contribution is -2.23. The largest absolute Gasteiger partial charge is 0.324 e. The minimum atomic E-state index is -0.552. The first-order valence-corrected chi connectivity index (χ1v) is 10.0. The first-order chi connectivity index (χ1) is 13.2. The van der Waals surface area contributed by atoms with E-state index in [0.717, 1.165) is 36.6 Å². The van der Waals surface area contributed by atoms with Gasteiger partial charge < -0.3 is 10.2 Å². The molecule has 1 amide bonds. The first kappa shape index (κ1) is 22.5. The molecule has 2 N–H and O–H groups in total. The van der Waals surface area contributed by atoms with Crippen molar-refractivity contribution in [2.75, 3.05) is 19.4 Å². The van der Waals surface area contributed by atoms with Gasteiger partial charge in [-0.3, -0.25) is 9.59 Å². The number of benzene rings is 1. The standard InChI is InChI=1S/C11H17N3O.C8H6BrClFNO/c1-14(2)9-6-4-3-5-8-7-10(15)12-13-11(8)9;1-4(13)12-8-2-5(9)6(10)3-7(8)11/h7,9H,3-6H2,1-2H3,(H,12,15);2-3H,1H3,(H,12,13)/t9-;/m0./s1. The number of carbonyl (C=O) groups is 1. The summed E-state index contributed by atoms with van der Waals surface area (Å²) in [5, 5.41) is 9.35. The van der Waals surface area contributed by atoms with Crippen LogP contribution in [-0.4, -0.2) is 35.1 Å². The normalized spacial score (nSPS) is 15.9. The molecular formula is C19H23BrClFN4O2. The predicted molar refractivity (Wildman–Crippen MR) is 112 cm³/mol. The number of H-pyrrole nitrogens is 1. The molecule has 28 heavy (non-hydrogen) atoms. The van der Waals surface area contributed by atoms with Gasteiger partial charge in [0.05, 0.1) is 22.4 Å². The van der Waals surface area contributed by atoms with Crippen LogP contribution in [0.1, 0.15) is 43.5 Å². The molecule has 0 fully saturated rings. The summed E-state index contributed by atoms with van der Waals surface area (Å²) < 4.78 is 13.6. The molecular weight excluding hydrogens is 451 g/mol. The molecule has 0 radical (unpaired) electrons. The van der Waals surface area contributed by atoms with E-state index in [0.29, 0.717) is 10.5 Å². The molecule has 152 valence electrons. The van der Waals surface area contributed by atoms with Gasteiger partial charge in [0.15, 0.2) is 0 Å². The molecule has 0 aliphatic heterocycles. The zero-order valence-corrected chi connectivity index (χ0v) is 18.3. The van der Waals surface area contributed by atoms with E-state index < -0.39 is 5.82 Å². The fraction of sp³-hybridized carbons (Fsp3) is 0.421. The number of carbonyl (C=O) groups excluding carboxylic acids is 1. The Bertz CT molecular complexity index is 904. The zero-order valence-electron chi connectivity index (χ0n) is 16.0. The van der Waals surface area contributed by atoms with Crippen LogP contribution in [0.25, 0.3) is 0 Å². The Hall–Kier alpha value is -1.77. The molecule has 1 aromatic heterocycles. The van der Waals surface area contributed by atoms with E-state index in [1.807, 2.05) is 0 Å². The van der Waals surface area contributed by atoms with Crippen molar-refractivity contribution in [2.45, 2.75) is 38.6 Å². The Kier molecular flexibility index (Phi) is 8.15. The molecule has 0 saturated heterocycles. The molecule has 1 aliphatic carbocycles. The Balaban J connectivity index is 0.000000203. The van der Waals surface area contributed by atoms with Gasteiger partial charge in [-0.15, -0.1) is 0 Å². The first-order valence-electron chi connectivity index (χ1n) is 8.86. The number of hydrogen-bond acceptors (Lipinski definition) is 4.